The molecule has 0 saturated heterocycles. The van der Waals surface area contributed by atoms with E-state index in [9.17, 15) is 4.79 Å². The summed E-state index contributed by atoms with van der Waals surface area (Å²) >= 11 is 12.0. The van der Waals surface area contributed by atoms with Crippen molar-refractivity contribution in [3.63, 3.8) is 0 Å². The Morgan fingerprint density at radius 2 is 1.91 bits per heavy atom. The van der Waals surface area contributed by atoms with Crippen LogP contribution in [-0.4, -0.2) is 16.2 Å². The van der Waals surface area contributed by atoms with E-state index < -0.39 is 0 Å². The van der Waals surface area contributed by atoms with Gasteiger partial charge < -0.3 is 4.74 Å². The molecule has 0 saturated carbocycles. The third kappa shape index (κ3) is 3.08. The first kappa shape index (κ1) is 14.9. The Morgan fingerprint density at radius 1 is 1.14 bits per heavy atom. The van der Waals surface area contributed by atoms with Crippen LogP contribution < -0.4 is 10.3 Å². The minimum Gasteiger partial charge on any atom is -0.492 e. The number of hydrogen-bond acceptors (Lipinski definition) is 3. The van der Waals surface area contributed by atoms with Crippen LogP contribution in [0.2, 0.25) is 10.0 Å². The van der Waals surface area contributed by atoms with Gasteiger partial charge in [0.05, 0.1) is 28.8 Å². The monoisotopic (exact) mass is 334 g/mol. The maximum Gasteiger partial charge on any atom is 0.261 e. The van der Waals surface area contributed by atoms with E-state index in [1.165, 1.54) is 10.9 Å². The molecule has 0 fully saturated rings. The van der Waals surface area contributed by atoms with Crippen LogP contribution in [0.15, 0.2) is 53.6 Å². The lowest BCUT2D eigenvalue weighted by molar-refractivity contribution is 0.296. The van der Waals surface area contributed by atoms with Crippen LogP contribution >= 0.6 is 23.2 Å². The lowest BCUT2D eigenvalue weighted by Gasteiger charge is -2.09. The summed E-state index contributed by atoms with van der Waals surface area (Å²) in [5.74, 6) is 0.760. The highest BCUT2D eigenvalue weighted by atomic mass is 35.5. The summed E-state index contributed by atoms with van der Waals surface area (Å²) in [6.45, 7) is 0.756. The molecule has 0 bridgehead atoms. The number of benzene rings is 2. The van der Waals surface area contributed by atoms with Gasteiger partial charge in [0.1, 0.15) is 12.4 Å². The average molecular weight is 335 g/mol. The van der Waals surface area contributed by atoms with E-state index in [2.05, 4.69) is 4.98 Å². The van der Waals surface area contributed by atoms with Gasteiger partial charge >= 0.3 is 0 Å². The van der Waals surface area contributed by atoms with Crippen LogP contribution in [0.1, 0.15) is 0 Å². The van der Waals surface area contributed by atoms with Gasteiger partial charge in [0.2, 0.25) is 0 Å². The maximum absolute atomic E-state index is 12.4. The Balaban J connectivity index is 1.83. The fourth-order valence-corrected chi connectivity index (χ4v) is 2.67. The van der Waals surface area contributed by atoms with E-state index in [4.69, 9.17) is 27.9 Å². The first-order valence-corrected chi connectivity index (χ1v) is 7.43. The second kappa shape index (κ2) is 6.38. The van der Waals surface area contributed by atoms with Crippen LogP contribution in [-0.2, 0) is 6.54 Å². The summed E-state index contributed by atoms with van der Waals surface area (Å²) in [7, 11) is 0. The van der Waals surface area contributed by atoms with Crippen LogP contribution in [0, 0.1) is 0 Å². The zero-order valence-electron chi connectivity index (χ0n) is 11.5. The van der Waals surface area contributed by atoms with Gasteiger partial charge in [-0.3, -0.25) is 9.36 Å². The zero-order chi connectivity index (χ0) is 15.5. The van der Waals surface area contributed by atoms with Crippen LogP contribution in [0.4, 0.5) is 0 Å². The van der Waals surface area contributed by atoms with E-state index in [1.54, 1.807) is 12.1 Å². The van der Waals surface area contributed by atoms with E-state index >= 15 is 0 Å². The standard InChI is InChI=1S/C16H12Cl2N2O2/c17-11-8-13-15(14(18)9-11)19-10-20(16(13)21)6-7-22-12-4-2-1-3-5-12/h1-5,8-10H,6-7H2. The van der Waals surface area contributed by atoms with Crippen molar-refractivity contribution >= 4 is 34.1 Å². The Labute approximate surface area is 136 Å². The van der Waals surface area contributed by atoms with Crippen molar-refractivity contribution in [3.8, 4) is 5.75 Å². The molecular formula is C16H12Cl2N2O2. The van der Waals surface area contributed by atoms with Gasteiger partial charge in [0, 0.05) is 5.02 Å². The number of ether oxygens (including phenoxy) is 1. The molecule has 1 aromatic heterocycles. The van der Waals surface area contributed by atoms with Crippen molar-refractivity contribution in [2.45, 2.75) is 6.54 Å². The summed E-state index contributed by atoms with van der Waals surface area (Å²) in [5, 5.41) is 1.18. The summed E-state index contributed by atoms with van der Waals surface area (Å²) in [6, 6.07) is 12.6. The van der Waals surface area contributed by atoms with Gasteiger partial charge in [-0.25, -0.2) is 4.98 Å². The van der Waals surface area contributed by atoms with E-state index in [1.807, 2.05) is 30.3 Å². The SMILES string of the molecule is O=c1c2cc(Cl)cc(Cl)c2ncn1CCOc1ccccc1. The summed E-state index contributed by atoms with van der Waals surface area (Å²) in [6.07, 6.45) is 1.47. The topological polar surface area (TPSA) is 44.1 Å². The van der Waals surface area contributed by atoms with Crippen LogP contribution in [0.3, 0.4) is 0 Å². The molecular weight excluding hydrogens is 323 g/mol. The van der Waals surface area contributed by atoms with Crippen molar-refractivity contribution in [1.29, 1.82) is 0 Å². The molecule has 0 amide bonds. The van der Waals surface area contributed by atoms with Gasteiger partial charge in [0.25, 0.3) is 5.56 Å². The third-order valence-corrected chi connectivity index (χ3v) is 3.70. The average Bonchev–Trinajstić information content (AvgIpc) is 2.51. The van der Waals surface area contributed by atoms with E-state index in [0.717, 1.165) is 5.75 Å². The van der Waals surface area contributed by atoms with Gasteiger partial charge in [-0.1, -0.05) is 41.4 Å². The number of hydrogen-bond donors (Lipinski definition) is 0. The highest BCUT2D eigenvalue weighted by molar-refractivity contribution is 6.38. The molecule has 0 N–H and O–H groups in total. The molecule has 6 heteroatoms. The first-order valence-electron chi connectivity index (χ1n) is 6.67. The number of nitrogens with zero attached hydrogens (tertiary/aromatic N) is 2. The Hall–Kier alpha value is -2.04. The zero-order valence-corrected chi connectivity index (χ0v) is 13.0. The lowest BCUT2D eigenvalue weighted by Crippen LogP contribution is -2.23. The molecule has 1 heterocycles. The molecule has 0 aliphatic carbocycles. The predicted octanol–water partition coefficient (Wildman–Crippen LogP) is 3.78. The molecule has 0 spiro atoms. The quantitative estimate of drug-likeness (QED) is 0.729. The molecule has 0 atom stereocenters. The summed E-state index contributed by atoms with van der Waals surface area (Å²) < 4.78 is 7.07. The second-order valence-electron chi connectivity index (χ2n) is 4.69. The molecule has 0 radical (unpaired) electrons. The van der Waals surface area contributed by atoms with Gasteiger partial charge in [-0.2, -0.15) is 0 Å². The highest BCUT2D eigenvalue weighted by Gasteiger charge is 2.09. The Kier molecular flexibility index (Phi) is 4.32. The largest absolute Gasteiger partial charge is 0.492 e. The van der Waals surface area contributed by atoms with Crippen LogP contribution in [0.5, 0.6) is 5.75 Å². The molecule has 0 unspecified atom stereocenters. The third-order valence-electron chi connectivity index (χ3n) is 3.19. The molecule has 3 rings (SSSR count). The molecule has 2 aromatic carbocycles. The van der Waals surface area contributed by atoms with E-state index in [0.29, 0.717) is 34.1 Å². The maximum atomic E-state index is 12.4. The molecule has 112 valence electrons. The van der Waals surface area contributed by atoms with E-state index in [-0.39, 0.29) is 5.56 Å². The van der Waals surface area contributed by atoms with Crippen molar-refractivity contribution in [1.82, 2.24) is 9.55 Å². The number of halogens is 2. The minimum atomic E-state index is -0.189. The molecule has 22 heavy (non-hydrogen) atoms. The molecule has 0 aliphatic rings. The Bertz CT molecular complexity index is 863. The van der Waals surface area contributed by atoms with Gasteiger partial charge in [-0.15, -0.1) is 0 Å². The Morgan fingerprint density at radius 3 is 2.68 bits per heavy atom. The lowest BCUT2D eigenvalue weighted by atomic mass is 10.2. The van der Waals surface area contributed by atoms with Crippen molar-refractivity contribution < 1.29 is 4.74 Å². The number of aromatic nitrogens is 2. The van der Waals surface area contributed by atoms with Crippen molar-refractivity contribution in [2.75, 3.05) is 6.61 Å². The fourth-order valence-electron chi connectivity index (χ4n) is 2.13. The minimum absolute atomic E-state index is 0.189. The smallest absolute Gasteiger partial charge is 0.261 e. The van der Waals surface area contributed by atoms with Crippen molar-refractivity contribution in [3.05, 3.63) is 69.2 Å². The van der Waals surface area contributed by atoms with Crippen molar-refractivity contribution in [2.24, 2.45) is 0 Å². The van der Waals surface area contributed by atoms with Gasteiger partial charge in [0.15, 0.2) is 0 Å². The predicted molar refractivity (Wildman–Crippen MR) is 88.0 cm³/mol. The molecule has 4 nitrogen and oxygen atoms in total. The first-order chi connectivity index (χ1) is 10.6. The number of fused-ring (bicyclic) bond motifs is 1. The molecule has 3 aromatic rings. The second-order valence-corrected chi connectivity index (χ2v) is 5.53. The number of para-hydroxylation sites is 1. The fraction of sp³-hybridized carbons (Fsp3) is 0.125. The van der Waals surface area contributed by atoms with Gasteiger partial charge in [-0.05, 0) is 24.3 Å². The normalized spacial score (nSPS) is 10.8. The summed E-state index contributed by atoms with van der Waals surface area (Å²) in [4.78, 5) is 16.7. The molecule has 0 aliphatic heterocycles. The number of rotatable bonds is 4. The highest BCUT2D eigenvalue weighted by Crippen LogP contribution is 2.23. The summed E-state index contributed by atoms with van der Waals surface area (Å²) in [5.41, 5.74) is 0.266. The van der Waals surface area contributed by atoms with Crippen LogP contribution in [0.25, 0.3) is 10.9 Å².